The van der Waals surface area contributed by atoms with Gasteiger partial charge in [0, 0.05) is 37.0 Å². The van der Waals surface area contributed by atoms with Gasteiger partial charge >= 0.3 is 0 Å². The number of nitrogens with one attached hydrogen (secondary N) is 1. The van der Waals surface area contributed by atoms with E-state index in [9.17, 15) is 9.59 Å². The summed E-state index contributed by atoms with van der Waals surface area (Å²) in [4.78, 5) is 26.9. The Morgan fingerprint density at radius 3 is 2.52 bits per heavy atom. The highest BCUT2D eigenvalue weighted by atomic mass is 16.5. The van der Waals surface area contributed by atoms with Gasteiger partial charge in [-0.2, -0.15) is 0 Å². The minimum absolute atomic E-state index is 0.0159. The zero-order chi connectivity index (χ0) is 19.4. The molecule has 150 valence electrons. The molecule has 2 aliphatic carbocycles. The first-order valence-corrected chi connectivity index (χ1v) is 10.5. The number of aromatic nitrogens is 1. The Balaban J connectivity index is 1.61. The van der Waals surface area contributed by atoms with Gasteiger partial charge < -0.3 is 14.7 Å². The molecule has 1 aromatic heterocycles. The van der Waals surface area contributed by atoms with Crippen LogP contribution in [0.4, 0.5) is 0 Å². The van der Waals surface area contributed by atoms with Crippen molar-refractivity contribution in [2.45, 2.75) is 90.1 Å². The van der Waals surface area contributed by atoms with E-state index in [2.05, 4.69) is 24.3 Å². The fourth-order valence-corrected chi connectivity index (χ4v) is 3.95. The highest BCUT2D eigenvalue weighted by Crippen LogP contribution is 2.40. The molecule has 6 heteroatoms. The van der Waals surface area contributed by atoms with Crippen molar-refractivity contribution in [1.29, 1.82) is 0 Å². The van der Waals surface area contributed by atoms with Gasteiger partial charge in [0.2, 0.25) is 5.91 Å². The smallest absolute Gasteiger partial charge is 0.276 e. The van der Waals surface area contributed by atoms with Gasteiger partial charge in [0.25, 0.3) is 5.91 Å². The number of carbonyl (C=O) groups is 2. The Morgan fingerprint density at radius 1 is 1.22 bits per heavy atom. The molecule has 0 aromatic carbocycles. The second-order valence-corrected chi connectivity index (χ2v) is 8.56. The van der Waals surface area contributed by atoms with Crippen LogP contribution in [0, 0.1) is 5.92 Å². The lowest BCUT2D eigenvalue weighted by Crippen LogP contribution is -2.47. The summed E-state index contributed by atoms with van der Waals surface area (Å²) in [6.45, 7) is 7.01. The zero-order valence-corrected chi connectivity index (χ0v) is 16.9. The summed E-state index contributed by atoms with van der Waals surface area (Å²) in [6, 6.07) is 2.29. The summed E-state index contributed by atoms with van der Waals surface area (Å²) in [6.07, 6.45) is 7.42. The van der Waals surface area contributed by atoms with E-state index < -0.39 is 0 Å². The Kier molecular flexibility index (Phi) is 6.55. The molecule has 1 heterocycles. The zero-order valence-electron chi connectivity index (χ0n) is 16.9. The molecule has 0 unspecified atom stereocenters. The fourth-order valence-electron chi connectivity index (χ4n) is 3.95. The minimum Gasteiger partial charge on any atom is -0.360 e. The highest BCUT2D eigenvalue weighted by molar-refractivity contribution is 5.92. The van der Waals surface area contributed by atoms with Crippen molar-refractivity contribution in [2.24, 2.45) is 5.92 Å². The summed E-state index contributed by atoms with van der Waals surface area (Å²) in [7, 11) is 0. The monoisotopic (exact) mass is 375 g/mol. The largest absolute Gasteiger partial charge is 0.360 e. The van der Waals surface area contributed by atoms with E-state index in [-0.39, 0.29) is 23.9 Å². The number of carbonyl (C=O) groups excluding carboxylic acids is 2. The molecule has 27 heavy (non-hydrogen) atoms. The second kappa shape index (κ2) is 8.89. The number of hydrogen-bond acceptors (Lipinski definition) is 4. The molecule has 2 saturated carbocycles. The minimum atomic E-state index is -0.0159. The van der Waals surface area contributed by atoms with E-state index in [4.69, 9.17) is 4.52 Å². The topological polar surface area (TPSA) is 75.4 Å². The predicted molar refractivity (Wildman–Crippen MR) is 103 cm³/mol. The van der Waals surface area contributed by atoms with E-state index in [0.717, 1.165) is 57.3 Å². The normalized spacial score (nSPS) is 22.7. The van der Waals surface area contributed by atoms with Crippen molar-refractivity contribution in [3.63, 3.8) is 0 Å². The SMILES string of the molecule is CCCC(=O)N[C@H]1CC[C@H](N(CC(C)C)C(=O)c2cc(C3CC3)on2)CC1. The molecule has 0 radical (unpaired) electrons. The Morgan fingerprint density at radius 2 is 1.93 bits per heavy atom. The third kappa shape index (κ3) is 5.33. The van der Waals surface area contributed by atoms with Crippen LogP contribution in [0.15, 0.2) is 10.6 Å². The van der Waals surface area contributed by atoms with Crippen LogP contribution in [0.25, 0.3) is 0 Å². The van der Waals surface area contributed by atoms with Gasteiger partial charge in [-0.3, -0.25) is 9.59 Å². The average Bonchev–Trinajstić information content (AvgIpc) is 3.37. The number of nitrogens with zero attached hydrogens (tertiary/aromatic N) is 2. The Hall–Kier alpha value is -1.85. The Labute approximate surface area is 162 Å². The molecule has 0 saturated heterocycles. The van der Waals surface area contributed by atoms with Crippen LogP contribution < -0.4 is 5.32 Å². The van der Waals surface area contributed by atoms with Crippen LogP contribution in [-0.4, -0.2) is 40.5 Å². The van der Waals surface area contributed by atoms with Crippen molar-refractivity contribution in [3.8, 4) is 0 Å². The lowest BCUT2D eigenvalue weighted by atomic mass is 9.89. The van der Waals surface area contributed by atoms with Crippen LogP contribution in [0.2, 0.25) is 0 Å². The van der Waals surface area contributed by atoms with Crippen LogP contribution >= 0.6 is 0 Å². The van der Waals surface area contributed by atoms with Gasteiger partial charge in [0.15, 0.2) is 5.69 Å². The Bertz CT molecular complexity index is 643. The van der Waals surface area contributed by atoms with E-state index in [0.29, 0.717) is 24.0 Å². The molecule has 2 amide bonds. The van der Waals surface area contributed by atoms with Gasteiger partial charge in [-0.25, -0.2) is 0 Å². The van der Waals surface area contributed by atoms with E-state index in [1.165, 1.54) is 0 Å². The molecular formula is C21H33N3O3. The molecule has 6 nitrogen and oxygen atoms in total. The summed E-state index contributed by atoms with van der Waals surface area (Å²) in [5, 5.41) is 7.19. The molecule has 2 fully saturated rings. The van der Waals surface area contributed by atoms with Crippen molar-refractivity contribution >= 4 is 11.8 Å². The van der Waals surface area contributed by atoms with Gasteiger partial charge in [-0.05, 0) is 50.9 Å². The molecule has 0 bridgehead atoms. The van der Waals surface area contributed by atoms with Gasteiger partial charge in [0.1, 0.15) is 5.76 Å². The van der Waals surface area contributed by atoms with Gasteiger partial charge in [-0.1, -0.05) is 25.9 Å². The van der Waals surface area contributed by atoms with Crippen molar-refractivity contribution in [3.05, 3.63) is 17.5 Å². The first-order chi connectivity index (χ1) is 13.0. The molecular weight excluding hydrogens is 342 g/mol. The quantitative estimate of drug-likeness (QED) is 0.748. The fraction of sp³-hybridized carbons (Fsp3) is 0.762. The average molecular weight is 376 g/mol. The van der Waals surface area contributed by atoms with Crippen LogP contribution in [0.3, 0.4) is 0 Å². The van der Waals surface area contributed by atoms with Gasteiger partial charge in [-0.15, -0.1) is 0 Å². The standard InChI is InChI=1S/C21H33N3O3/c1-4-5-20(25)22-16-8-10-17(11-9-16)24(13-14(2)3)21(26)18-12-19(27-23-18)15-6-7-15/h12,14-17H,4-11,13H2,1-3H3,(H,22,25)/t16-,17-. The molecule has 0 atom stereocenters. The van der Waals surface area contributed by atoms with Crippen molar-refractivity contribution < 1.29 is 14.1 Å². The summed E-state index contributed by atoms with van der Waals surface area (Å²) < 4.78 is 5.39. The molecule has 0 spiro atoms. The molecule has 1 aromatic rings. The lowest BCUT2D eigenvalue weighted by molar-refractivity contribution is -0.122. The maximum atomic E-state index is 13.1. The van der Waals surface area contributed by atoms with Crippen LogP contribution in [-0.2, 0) is 4.79 Å². The number of rotatable bonds is 8. The maximum absolute atomic E-state index is 13.1. The molecule has 0 aliphatic heterocycles. The molecule has 2 aliphatic rings. The van der Waals surface area contributed by atoms with Crippen LogP contribution in [0.5, 0.6) is 0 Å². The first-order valence-electron chi connectivity index (χ1n) is 10.5. The predicted octanol–water partition coefficient (Wildman–Crippen LogP) is 3.88. The summed E-state index contributed by atoms with van der Waals surface area (Å²) in [5.41, 5.74) is 0.441. The van der Waals surface area contributed by atoms with Crippen molar-refractivity contribution in [2.75, 3.05) is 6.54 Å². The molecule has 3 rings (SSSR count). The summed E-state index contributed by atoms with van der Waals surface area (Å²) >= 11 is 0. The third-order valence-electron chi connectivity index (χ3n) is 5.53. The van der Waals surface area contributed by atoms with Crippen LogP contribution in [0.1, 0.15) is 94.3 Å². The first kappa shape index (κ1) is 19.9. The highest BCUT2D eigenvalue weighted by Gasteiger charge is 2.33. The van der Waals surface area contributed by atoms with E-state index >= 15 is 0 Å². The van der Waals surface area contributed by atoms with E-state index in [1.807, 2.05) is 17.9 Å². The lowest BCUT2D eigenvalue weighted by Gasteiger charge is -2.37. The second-order valence-electron chi connectivity index (χ2n) is 8.56. The van der Waals surface area contributed by atoms with E-state index in [1.54, 1.807) is 0 Å². The maximum Gasteiger partial charge on any atom is 0.276 e. The summed E-state index contributed by atoms with van der Waals surface area (Å²) in [5.74, 6) is 1.83. The number of amides is 2. The third-order valence-corrected chi connectivity index (χ3v) is 5.53. The number of hydrogen-bond donors (Lipinski definition) is 1. The van der Waals surface area contributed by atoms with Gasteiger partial charge in [0.05, 0.1) is 0 Å². The van der Waals surface area contributed by atoms with Crippen molar-refractivity contribution in [1.82, 2.24) is 15.4 Å². The molecule has 1 N–H and O–H groups in total.